The van der Waals surface area contributed by atoms with Gasteiger partial charge in [0.05, 0.1) is 10.0 Å². The van der Waals surface area contributed by atoms with Crippen LogP contribution in [0.1, 0.15) is 21.5 Å². The van der Waals surface area contributed by atoms with Gasteiger partial charge in [-0.2, -0.15) is 0 Å². The molecule has 0 atom stereocenters. The van der Waals surface area contributed by atoms with Gasteiger partial charge < -0.3 is 5.73 Å². The quantitative estimate of drug-likeness (QED) is 0.876. The van der Waals surface area contributed by atoms with Crippen molar-refractivity contribution in [3.8, 4) is 0 Å². The molecule has 4 heteroatoms. The molecular weight excluding hydrogens is 309 g/mol. The van der Waals surface area contributed by atoms with Crippen molar-refractivity contribution in [2.45, 2.75) is 13.0 Å². The molecule has 0 saturated carbocycles. The molecule has 2 nitrogen and oxygen atoms in total. The summed E-state index contributed by atoms with van der Waals surface area (Å²) < 4.78 is 14.1. The lowest BCUT2D eigenvalue weighted by molar-refractivity contribution is 0.0988. The standard InChI is InChI=1S/C15H13BrFNO/c16-13-7-3-6-12(15(13)17)14(19)8-10-4-1-2-5-11(10)9-18/h1-7H,8-9,18H2. The van der Waals surface area contributed by atoms with Crippen LogP contribution in [0.25, 0.3) is 0 Å². The summed E-state index contributed by atoms with van der Waals surface area (Å²) in [5, 5.41) is 0. The summed E-state index contributed by atoms with van der Waals surface area (Å²) in [4.78, 5) is 12.2. The zero-order chi connectivity index (χ0) is 13.8. The monoisotopic (exact) mass is 321 g/mol. The molecule has 0 spiro atoms. The average molecular weight is 322 g/mol. The normalized spacial score (nSPS) is 10.5. The molecule has 2 aromatic carbocycles. The Morgan fingerprint density at radius 2 is 1.79 bits per heavy atom. The van der Waals surface area contributed by atoms with Gasteiger partial charge in [0.2, 0.25) is 0 Å². The minimum atomic E-state index is -0.516. The predicted molar refractivity (Wildman–Crippen MR) is 76.5 cm³/mol. The minimum absolute atomic E-state index is 0.0983. The average Bonchev–Trinajstić information content (AvgIpc) is 2.42. The second-order valence-electron chi connectivity index (χ2n) is 4.17. The van der Waals surface area contributed by atoms with Crippen molar-refractivity contribution in [3.05, 3.63) is 69.4 Å². The topological polar surface area (TPSA) is 43.1 Å². The molecule has 98 valence electrons. The number of nitrogens with two attached hydrogens (primary N) is 1. The summed E-state index contributed by atoms with van der Waals surface area (Å²) in [5.41, 5.74) is 7.48. The number of hydrogen-bond acceptors (Lipinski definition) is 2. The third-order valence-electron chi connectivity index (χ3n) is 2.94. The van der Waals surface area contributed by atoms with Crippen molar-refractivity contribution in [2.24, 2.45) is 5.73 Å². The molecule has 0 bridgehead atoms. The van der Waals surface area contributed by atoms with Crippen LogP contribution in [0.3, 0.4) is 0 Å². The molecule has 19 heavy (non-hydrogen) atoms. The molecule has 0 aliphatic rings. The van der Waals surface area contributed by atoms with Crippen LogP contribution in [0.2, 0.25) is 0 Å². The molecule has 0 aliphatic heterocycles. The van der Waals surface area contributed by atoms with Crippen molar-refractivity contribution >= 4 is 21.7 Å². The molecule has 2 N–H and O–H groups in total. The molecule has 0 aliphatic carbocycles. The molecule has 2 rings (SSSR count). The largest absolute Gasteiger partial charge is 0.326 e. The zero-order valence-electron chi connectivity index (χ0n) is 10.2. The second kappa shape index (κ2) is 6.08. The van der Waals surface area contributed by atoms with Crippen LogP contribution >= 0.6 is 15.9 Å². The van der Waals surface area contributed by atoms with Crippen LogP contribution in [0, 0.1) is 5.82 Å². The van der Waals surface area contributed by atoms with Crippen LogP contribution in [0.15, 0.2) is 46.9 Å². The molecule has 0 saturated heterocycles. The third-order valence-corrected chi connectivity index (χ3v) is 3.55. The molecule has 0 amide bonds. The highest BCUT2D eigenvalue weighted by Gasteiger charge is 2.15. The number of hydrogen-bond donors (Lipinski definition) is 1. The van der Waals surface area contributed by atoms with E-state index in [1.54, 1.807) is 12.1 Å². The number of halogens is 2. The van der Waals surface area contributed by atoms with Crippen molar-refractivity contribution in [1.82, 2.24) is 0 Å². The summed E-state index contributed by atoms with van der Waals surface area (Å²) in [6.45, 7) is 0.365. The van der Waals surface area contributed by atoms with Crippen molar-refractivity contribution in [1.29, 1.82) is 0 Å². The van der Waals surface area contributed by atoms with E-state index in [2.05, 4.69) is 15.9 Å². The predicted octanol–water partition coefficient (Wildman–Crippen LogP) is 3.47. The highest BCUT2D eigenvalue weighted by atomic mass is 79.9. The van der Waals surface area contributed by atoms with E-state index in [1.165, 1.54) is 6.07 Å². The van der Waals surface area contributed by atoms with Gasteiger partial charge in [0.25, 0.3) is 0 Å². The van der Waals surface area contributed by atoms with Gasteiger partial charge in [-0.3, -0.25) is 4.79 Å². The number of carbonyl (C=O) groups is 1. The number of ketones is 1. The maximum atomic E-state index is 13.8. The van der Waals surface area contributed by atoms with Crippen molar-refractivity contribution < 1.29 is 9.18 Å². The lowest BCUT2D eigenvalue weighted by Crippen LogP contribution is -2.10. The van der Waals surface area contributed by atoms with Crippen LogP contribution < -0.4 is 5.73 Å². The molecule has 0 aromatic heterocycles. The first-order chi connectivity index (χ1) is 9.13. The minimum Gasteiger partial charge on any atom is -0.326 e. The second-order valence-corrected chi connectivity index (χ2v) is 5.03. The van der Waals surface area contributed by atoms with Crippen molar-refractivity contribution in [3.63, 3.8) is 0 Å². The molecule has 0 heterocycles. The zero-order valence-corrected chi connectivity index (χ0v) is 11.8. The smallest absolute Gasteiger partial charge is 0.170 e. The van der Waals surface area contributed by atoms with E-state index in [0.717, 1.165) is 11.1 Å². The van der Waals surface area contributed by atoms with E-state index in [9.17, 15) is 9.18 Å². The van der Waals surface area contributed by atoms with E-state index in [1.807, 2.05) is 24.3 Å². The van der Waals surface area contributed by atoms with E-state index in [4.69, 9.17) is 5.73 Å². The Labute approximate surface area is 119 Å². The van der Waals surface area contributed by atoms with E-state index in [0.29, 0.717) is 11.0 Å². The molecule has 0 radical (unpaired) electrons. The third kappa shape index (κ3) is 3.08. The highest BCUT2D eigenvalue weighted by molar-refractivity contribution is 9.10. The number of Topliss-reactive ketones (excluding diaryl/α,β-unsaturated/α-hetero) is 1. The first-order valence-corrected chi connectivity index (χ1v) is 6.67. The number of rotatable bonds is 4. The SMILES string of the molecule is NCc1ccccc1CC(=O)c1cccc(Br)c1F. The van der Waals surface area contributed by atoms with Crippen molar-refractivity contribution in [2.75, 3.05) is 0 Å². The molecule has 2 aromatic rings. The lowest BCUT2D eigenvalue weighted by Gasteiger charge is -2.08. The van der Waals surface area contributed by atoms with Gasteiger partial charge in [-0.1, -0.05) is 30.3 Å². The lowest BCUT2D eigenvalue weighted by atomic mass is 9.98. The first-order valence-electron chi connectivity index (χ1n) is 5.87. The van der Waals surface area contributed by atoms with E-state index in [-0.39, 0.29) is 17.8 Å². The van der Waals surface area contributed by atoms with Gasteiger partial charge in [0.1, 0.15) is 5.82 Å². The van der Waals surface area contributed by atoms with Gasteiger partial charge in [-0.05, 0) is 39.2 Å². The van der Waals surface area contributed by atoms with Crippen LogP contribution in [0.4, 0.5) is 4.39 Å². The summed E-state index contributed by atoms with van der Waals surface area (Å²) >= 11 is 3.08. The van der Waals surface area contributed by atoms with Crippen LogP contribution in [0.5, 0.6) is 0 Å². The Balaban J connectivity index is 2.28. The first kappa shape index (κ1) is 13.9. The maximum absolute atomic E-state index is 13.8. The highest BCUT2D eigenvalue weighted by Crippen LogP contribution is 2.20. The fourth-order valence-electron chi connectivity index (χ4n) is 1.92. The Kier molecular flexibility index (Phi) is 4.45. The molecular formula is C15H13BrFNO. The van der Waals surface area contributed by atoms with Gasteiger partial charge in [-0.25, -0.2) is 4.39 Å². The fourth-order valence-corrected chi connectivity index (χ4v) is 2.28. The summed E-state index contributed by atoms with van der Waals surface area (Å²) in [7, 11) is 0. The maximum Gasteiger partial charge on any atom is 0.170 e. The number of carbonyl (C=O) groups excluding carboxylic acids is 1. The Morgan fingerprint density at radius 3 is 2.47 bits per heavy atom. The number of benzene rings is 2. The van der Waals surface area contributed by atoms with Crippen LogP contribution in [-0.4, -0.2) is 5.78 Å². The molecule has 0 fully saturated rings. The Hall–Kier alpha value is -1.52. The van der Waals surface area contributed by atoms with E-state index >= 15 is 0 Å². The van der Waals surface area contributed by atoms with Gasteiger partial charge in [-0.15, -0.1) is 0 Å². The Morgan fingerprint density at radius 1 is 1.11 bits per heavy atom. The summed E-state index contributed by atoms with van der Waals surface area (Å²) in [6.07, 6.45) is 0.154. The van der Waals surface area contributed by atoms with Gasteiger partial charge in [0.15, 0.2) is 5.78 Å². The van der Waals surface area contributed by atoms with Gasteiger partial charge >= 0.3 is 0 Å². The summed E-state index contributed by atoms with van der Waals surface area (Å²) in [5.74, 6) is -0.766. The van der Waals surface area contributed by atoms with Crippen LogP contribution in [-0.2, 0) is 13.0 Å². The fraction of sp³-hybridized carbons (Fsp3) is 0.133. The molecule has 0 unspecified atom stereocenters. The van der Waals surface area contributed by atoms with Gasteiger partial charge in [0, 0.05) is 13.0 Å². The summed E-state index contributed by atoms with van der Waals surface area (Å²) in [6, 6.07) is 12.1. The Bertz CT molecular complexity index is 613. The van der Waals surface area contributed by atoms with E-state index < -0.39 is 5.82 Å².